The second-order valence-corrected chi connectivity index (χ2v) is 5.07. The maximum Gasteiger partial charge on any atom is 0.223 e. The number of amides is 1. The van der Waals surface area contributed by atoms with Crippen LogP contribution >= 0.6 is 0 Å². The predicted octanol–water partition coefficient (Wildman–Crippen LogP) is 2.94. The summed E-state index contributed by atoms with van der Waals surface area (Å²) in [5.41, 5.74) is 2.54. The number of likely N-dealkylation sites (tertiary alicyclic amines) is 1. The quantitative estimate of drug-likeness (QED) is 0.783. The smallest absolute Gasteiger partial charge is 0.223 e. The van der Waals surface area contributed by atoms with Crippen molar-refractivity contribution in [3.8, 4) is 0 Å². The van der Waals surface area contributed by atoms with E-state index in [0.717, 1.165) is 25.8 Å². The van der Waals surface area contributed by atoms with Gasteiger partial charge in [-0.3, -0.25) is 4.79 Å². The summed E-state index contributed by atoms with van der Waals surface area (Å²) in [7, 11) is 0. The second kappa shape index (κ2) is 5.35. The lowest BCUT2D eigenvalue weighted by Gasteiger charge is -2.21. The lowest BCUT2D eigenvalue weighted by atomic mass is 10.1. The maximum absolute atomic E-state index is 12.0. The Morgan fingerprint density at radius 1 is 1.47 bits per heavy atom. The van der Waals surface area contributed by atoms with E-state index in [1.165, 1.54) is 11.1 Å². The Labute approximate surface area is 104 Å². The van der Waals surface area contributed by atoms with E-state index in [1.54, 1.807) is 0 Å². The van der Waals surface area contributed by atoms with Gasteiger partial charge in [-0.15, -0.1) is 0 Å². The zero-order chi connectivity index (χ0) is 12.3. The van der Waals surface area contributed by atoms with Gasteiger partial charge in [0.25, 0.3) is 0 Å². The molecular weight excluding hydrogens is 210 g/mol. The lowest BCUT2D eigenvalue weighted by molar-refractivity contribution is -0.131. The molecule has 1 aromatic rings. The van der Waals surface area contributed by atoms with Crippen LogP contribution in [0.1, 0.15) is 37.3 Å². The Balaban J connectivity index is 1.88. The molecule has 17 heavy (non-hydrogen) atoms. The molecule has 1 aromatic carbocycles. The summed E-state index contributed by atoms with van der Waals surface area (Å²) in [5, 5.41) is 0. The van der Waals surface area contributed by atoms with Crippen LogP contribution in [0.25, 0.3) is 0 Å². The summed E-state index contributed by atoms with van der Waals surface area (Å²) in [6.45, 7) is 5.19. The molecule has 0 aromatic heterocycles. The third-order valence-corrected chi connectivity index (χ3v) is 3.58. The molecule has 0 radical (unpaired) electrons. The molecule has 1 atom stereocenters. The Hall–Kier alpha value is -1.31. The van der Waals surface area contributed by atoms with Crippen molar-refractivity contribution in [1.82, 2.24) is 4.90 Å². The van der Waals surface area contributed by atoms with Crippen molar-refractivity contribution in [2.24, 2.45) is 0 Å². The highest BCUT2D eigenvalue weighted by Crippen LogP contribution is 2.18. The van der Waals surface area contributed by atoms with E-state index in [4.69, 9.17) is 0 Å². The van der Waals surface area contributed by atoms with Gasteiger partial charge in [0.05, 0.1) is 0 Å². The Morgan fingerprint density at radius 2 is 2.29 bits per heavy atom. The molecule has 1 heterocycles. The van der Waals surface area contributed by atoms with Crippen molar-refractivity contribution in [3.05, 3.63) is 35.4 Å². The maximum atomic E-state index is 12.0. The third kappa shape index (κ3) is 3.09. The lowest BCUT2D eigenvalue weighted by Crippen LogP contribution is -2.33. The summed E-state index contributed by atoms with van der Waals surface area (Å²) in [6.07, 6.45) is 3.84. The molecule has 0 aliphatic carbocycles. The normalized spacial score (nSPS) is 19.6. The molecule has 1 aliphatic rings. The minimum atomic E-state index is 0.316. The number of hydrogen-bond acceptors (Lipinski definition) is 1. The summed E-state index contributed by atoms with van der Waals surface area (Å²) < 4.78 is 0. The van der Waals surface area contributed by atoms with E-state index in [-0.39, 0.29) is 0 Å². The minimum Gasteiger partial charge on any atom is -0.340 e. The Bertz CT molecular complexity index is 400. The zero-order valence-electron chi connectivity index (χ0n) is 10.8. The highest BCUT2D eigenvalue weighted by molar-refractivity contribution is 5.77. The van der Waals surface area contributed by atoms with Crippen molar-refractivity contribution in [2.75, 3.05) is 6.54 Å². The fourth-order valence-corrected chi connectivity index (χ4v) is 2.57. The summed E-state index contributed by atoms with van der Waals surface area (Å²) in [6, 6.07) is 8.87. The van der Waals surface area contributed by atoms with Crippen LogP contribution in [0.4, 0.5) is 0 Å². The van der Waals surface area contributed by atoms with Crippen LogP contribution < -0.4 is 0 Å². The zero-order valence-corrected chi connectivity index (χ0v) is 10.8. The van der Waals surface area contributed by atoms with Gasteiger partial charge < -0.3 is 4.90 Å². The standard InChI is InChI=1S/C15H21NO/c1-12-5-3-7-14(11-12)8-9-15(17)16-10-4-6-13(16)2/h3,5,7,11,13H,4,6,8-10H2,1-2H3. The molecule has 1 amide bonds. The van der Waals surface area contributed by atoms with E-state index in [9.17, 15) is 4.79 Å². The highest BCUT2D eigenvalue weighted by atomic mass is 16.2. The molecule has 1 fully saturated rings. The van der Waals surface area contributed by atoms with Crippen molar-refractivity contribution < 1.29 is 4.79 Å². The first-order chi connectivity index (χ1) is 8.16. The number of carbonyl (C=O) groups excluding carboxylic acids is 1. The molecule has 1 saturated heterocycles. The van der Waals surface area contributed by atoms with Crippen LogP contribution in [0.15, 0.2) is 24.3 Å². The summed E-state index contributed by atoms with van der Waals surface area (Å²) in [5.74, 6) is 0.316. The van der Waals surface area contributed by atoms with E-state index < -0.39 is 0 Å². The number of aryl methyl sites for hydroxylation is 2. The molecule has 0 N–H and O–H groups in total. The first kappa shape index (κ1) is 12.2. The molecule has 0 bridgehead atoms. The van der Waals surface area contributed by atoms with Crippen LogP contribution in [0.5, 0.6) is 0 Å². The van der Waals surface area contributed by atoms with E-state index in [2.05, 4.69) is 38.1 Å². The number of rotatable bonds is 3. The summed E-state index contributed by atoms with van der Waals surface area (Å²) in [4.78, 5) is 14.1. The fraction of sp³-hybridized carbons (Fsp3) is 0.533. The fourth-order valence-electron chi connectivity index (χ4n) is 2.57. The average molecular weight is 231 g/mol. The first-order valence-corrected chi connectivity index (χ1v) is 6.52. The van der Waals surface area contributed by atoms with Gasteiger partial charge in [-0.05, 0) is 38.7 Å². The van der Waals surface area contributed by atoms with Gasteiger partial charge in [-0.1, -0.05) is 29.8 Å². The largest absolute Gasteiger partial charge is 0.340 e. The van der Waals surface area contributed by atoms with Crippen molar-refractivity contribution in [2.45, 2.75) is 45.6 Å². The number of benzene rings is 1. The van der Waals surface area contributed by atoms with Gasteiger partial charge in [0.15, 0.2) is 0 Å². The van der Waals surface area contributed by atoms with Gasteiger partial charge >= 0.3 is 0 Å². The van der Waals surface area contributed by atoms with Crippen LogP contribution in [0.2, 0.25) is 0 Å². The van der Waals surface area contributed by atoms with Gasteiger partial charge in [-0.25, -0.2) is 0 Å². The monoisotopic (exact) mass is 231 g/mol. The molecular formula is C15H21NO. The van der Waals surface area contributed by atoms with Crippen molar-refractivity contribution in [3.63, 3.8) is 0 Å². The van der Waals surface area contributed by atoms with E-state index >= 15 is 0 Å². The molecule has 1 unspecified atom stereocenters. The van der Waals surface area contributed by atoms with Gasteiger partial charge in [0.2, 0.25) is 5.91 Å². The molecule has 0 spiro atoms. The highest BCUT2D eigenvalue weighted by Gasteiger charge is 2.24. The van der Waals surface area contributed by atoms with Gasteiger partial charge in [0.1, 0.15) is 0 Å². The predicted molar refractivity (Wildman–Crippen MR) is 69.9 cm³/mol. The van der Waals surface area contributed by atoms with Crippen LogP contribution in [0, 0.1) is 6.92 Å². The Morgan fingerprint density at radius 3 is 2.94 bits per heavy atom. The van der Waals surface area contributed by atoms with Crippen LogP contribution in [-0.2, 0) is 11.2 Å². The molecule has 2 rings (SSSR count). The van der Waals surface area contributed by atoms with Crippen molar-refractivity contribution in [1.29, 1.82) is 0 Å². The van der Waals surface area contributed by atoms with Gasteiger partial charge in [-0.2, -0.15) is 0 Å². The number of carbonyl (C=O) groups is 1. The second-order valence-electron chi connectivity index (χ2n) is 5.07. The average Bonchev–Trinajstić information content (AvgIpc) is 2.72. The van der Waals surface area contributed by atoms with Gasteiger partial charge in [0, 0.05) is 19.0 Å². The van der Waals surface area contributed by atoms with Crippen LogP contribution in [-0.4, -0.2) is 23.4 Å². The summed E-state index contributed by atoms with van der Waals surface area (Å²) >= 11 is 0. The molecule has 92 valence electrons. The first-order valence-electron chi connectivity index (χ1n) is 6.52. The SMILES string of the molecule is Cc1cccc(CCC(=O)N2CCCC2C)c1. The molecule has 2 heteroatoms. The number of nitrogens with zero attached hydrogens (tertiary/aromatic N) is 1. The van der Waals surface area contributed by atoms with E-state index in [0.29, 0.717) is 18.4 Å². The van der Waals surface area contributed by atoms with Crippen molar-refractivity contribution >= 4 is 5.91 Å². The van der Waals surface area contributed by atoms with E-state index in [1.807, 2.05) is 4.90 Å². The Kier molecular flexibility index (Phi) is 3.82. The molecule has 2 nitrogen and oxygen atoms in total. The molecule has 1 aliphatic heterocycles. The van der Waals surface area contributed by atoms with Crippen LogP contribution in [0.3, 0.4) is 0 Å². The topological polar surface area (TPSA) is 20.3 Å². The number of hydrogen-bond donors (Lipinski definition) is 0. The third-order valence-electron chi connectivity index (χ3n) is 3.58. The molecule has 0 saturated carbocycles. The minimum absolute atomic E-state index is 0.316.